The first-order valence-electron chi connectivity index (χ1n) is 7.26. The number of para-hydroxylation sites is 1. The van der Waals surface area contributed by atoms with Crippen LogP contribution in [0.3, 0.4) is 0 Å². The van der Waals surface area contributed by atoms with Crippen LogP contribution in [0.1, 0.15) is 23.7 Å². The number of carbonyl (C=O) groups excluding carboxylic acids is 2. The van der Waals surface area contributed by atoms with Crippen LogP contribution in [0.5, 0.6) is 0 Å². The summed E-state index contributed by atoms with van der Waals surface area (Å²) in [5.41, 5.74) is 0.703. The minimum atomic E-state index is -0.307. The van der Waals surface area contributed by atoms with Gasteiger partial charge in [-0.1, -0.05) is 18.2 Å². The number of nitrogens with zero attached hydrogens (tertiary/aromatic N) is 1. The molecule has 114 valence electrons. The van der Waals surface area contributed by atoms with Crippen LogP contribution in [-0.4, -0.2) is 40.8 Å². The van der Waals surface area contributed by atoms with Crippen LogP contribution in [0.2, 0.25) is 0 Å². The average molecular weight is 299 g/mol. The number of aromatic amines is 1. The molecule has 1 aliphatic heterocycles. The monoisotopic (exact) mass is 299 g/mol. The average Bonchev–Trinajstić information content (AvgIpc) is 2.67. The highest BCUT2D eigenvalue weighted by Crippen LogP contribution is 2.18. The van der Waals surface area contributed by atoms with Gasteiger partial charge in [-0.25, -0.2) is 0 Å². The first-order chi connectivity index (χ1) is 10.6. The predicted octanol–water partition coefficient (Wildman–Crippen LogP) is 0.879. The molecule has 0 saturated carbocycles. The normalized spacial score (nSPS) is 18.9. The molecule has 0 spiro atoms. The first-order valence-corrected chi connectivity index (χ1v) is 7.26. The molecule has 1 atom stereocenters. The molecule has 2 aromatic rings. The Morgan fingerprint density at radius 1 is 1.27 bits per heavy atom. The van der Waals surface area contributed by atoms with Crippen molar-refractivity contribution in [3.8, 4) is 0 Å². The Labute approximate surface area is 127 Å². The van der Waals surface area contributed by atoms with Gasteiger partial charge in [-0.15, -0.1) is 0 Å². The van der Waals surface area contributed by atoms with Crippen molar-refractivity contribution in [3.05, 3.63) is 46.2 Å². The smallest absolute Gasteiger partial charge is 0.255 e. The third-order valence-corrected chi connectivity index (χ3v) is 3.95. The largest absolute Gasteiger partial charge is 0.354 e. The van der Waals surface area contributed by atoms with Crippen molar-refractivity contribution in [3.63, 3.8) is 0 Å². The van der Waals surface area contributed by atoms with Crippen LogP contribution >= 0.6 is 0 Å². The molecule has 6 nitrogen and oxygen atoms in total. The minimum absolute atomic E-state index is 0.0575. The van der Waals surface area contributed by atoms with E-state index in [2.05, 4.69) is 10.3 Å². The fourth-order valence-electron chi connectivity index (χ4n) is 2.74. The SMILES string of the molecule is CC1CNC(=O)CCN1C(=O)c1cc(=O)[nH]c2ccccc12. The highest BCUT2D eigenvalue weighted by molar-refractivity contribution is 6.06. The second-order valence-electron chi connectivity index (χ2n) is 5.49. The van der Waals surface area contributed by atoms with E-state index in [0.29, 0.717) is 29.6 Å². The summed E-state index contributed by atoms with van der Waals surface area (Å²) in [7, 11) is 0. The molecule has 1 fully saturated rings. The third kappa shape index (κ3) is 2.59. The molecule has 2 heterocycles. The zero-order chi connectivity index (χ0) is 15.7. The lowest BCUT2D eigenvalue weighted by Crippen LogP contribution is -2.42. The Balaban J connectivity index is 2.05. The number of H-pyrrole nitrogens is 1. The summed E-state index contributed by atoms with van der Waals surface area (Å²) in [5, 5.41) is 3.49. The van der Waals surface area contributed by atoms with E-state index in [1.54, 1.807) is 11.0 Å². The second-order valence-corrected chi connectivity index (χ2v) is 5.49. The van der Waals surface area contributed by atoms with Crippen molar-refractivity contribution in [2.45, 2.75) is 19.4 Å². The Bertz CT molecular complexity index is 797. The molecule has 2 N–H and O–H groups in total. The van der Waals surface area contributed by atoms with Gasteiger partial charge in [0.25, 0.3) is 5.91 Å². The second kappa shape index (κ2) is 5.63. The van der Waals surface area contributed by atoms with Crippen molar-refractivity contribution in [2.75, 3.05) is 13.1 Å². The molecular formula is C16H17N3O3. The van der Waals surface area contributed by atoms with Crippen molar-refractivity contribution >= 4 is 22.7 Å². The summed E-state index contributed by atoms with van der Waals surface area (Å²) in [6.45, 7) is 2.66. The molecule has 22 heavy (non-hydrogen) atoms. The Morgan fingerprint density at radius 3 is 2.86 bits per heavy atom. The van der Waals surface area contributed by atoms with E-state index in [1.165, 1.54) is 6.07 Å². The summed E-state index contributed by atoms with van der Waals surface area (Å²) in [5.74, 6) is -0.274. The van der Waals surface area contributed by atoms with Gasteiger partial charge < -0.3 is 15.2 Å². The van der Waals surface area contributed by atoms with E-state index in [1.807, 2.05) is 25.1 Å². The molecule has 6 heteroatoms. The number of fused-ring (bicyclic) bond motifs is 1. The Morgan fingerprint density at radius 2 is 2.05 bits per heavy atom. The van der Waals surface area contributed by atoms with Gasteiger partial charge in [0.05, 0.1) is 5.56 Å². The van der Waals surface area contributed by atoms with Gasteiger partial charge in [0, 0.05) is 42.5 Å². The van der Waals surface area contributed by atoms with E-state index >= 15 is 0 Å². The fraction of sp³-hybridized carbons (Fsp3) is 0.312. The number of carbonyl (C=O) groups is 2. The van der Waals surface area contributed by atoms with Gasteiger partial charge in [0.15, 0.2) is 0 Å². The number of hydrogen-bond acceptors (Lipinski definition) is 3. The van der Waals surface area contributed by atoms with Gasteiger partial charge in [0.2, 0.25) is 11.5 Å². The molecule has 1 aromatic heterocycles. The van der Waals surface area contributed by atoms with Gasteiger partial charge in [-0.2, -0.15) is 0 Å². The number of amides is 2. The molecule has 1 unspecified atom stereocenters. The van der Waals surface area contributed by atoms with Crippen molar-refractivity contribution in [1.82, 2.24) is 15.2 Å². The predicted molar refractivity (Wildman–Crippen MR) is 82.7 cm³/mol. The van der Waals surface area contributed by atoms with E-state index in [9.17, 15) is 14.4 Å². The van der Waals surface area contributed by atoms with Gasteiger partial charge in [0.1, 0.15) is 0 Å². The zero-order valence-electron chi connectivity index (χ0n) is 12.3. The molecule has 2 amide bonds. The molecule has 0 aliphatic carbocycles. The number of rotatable bonds is 1. The highest BCUT2D eigenvalue weighted by atomic mass is 16.2. The summed E-state index contributed by atoms with van der Waals surface area (Å²) in [6, 6.07) is 8.43. The number of benzene rings is 1. The van der Waals surface area contributed by atoms with E-state index in [0.717, 1.165) is 0 Å². The van der Waals surface area contributed by atoms with Crippen LogP contribution in [0.25, 0.3) is 10.9 Å². The van der Waals surface area contributed by atoms with Crippen LogP contribution in [0.4, 0.5) is 0 Å². The van der Waals surface area contributed by atoms with E-state index in [-0.39, 0.29) is 29.8 Å². The van der Waals surface area contributed by atoms with Crippen molar-refractivity contribution in [1.29, 1.82) is 0 Å². The van der Waals surface area contributed by atoms with Gasteiger partial charge >= 0.3 is 0 Å². The van der Waals surface area contributed by atoms with Crippen molar-refractivity contribution in [2.24, 2.45) is 0 Å². The van der Waals surface area contributed by atoms with Crippen LogP contribution < -0.4 is 10.9 Å². The molecule has 3 rings (SSSR count). The summed E-state index contributed by atoms with van der Waals surface area (Å²) in [6.07, 6.45) is 0.275. The molecular weight excluding hydrogens is 282 g/mol. The quantitative estimate of drug-likeness (QED) is 0.820. The summed E-state index contributed by atoms with van der Waals surface area (Å²) < 4.78 is 0. The highest BCUT2D eigenvalue weighted by Gasteiger charge is 2.26. The lowest BCUT2D eigenvalue weighted by atomic mass is 10.1. The maximum absolute atomic E-state index is 12.9. The molecule has 0 bridgehead atoms. The topological polar surface area (TPSA) is 82.3 Å². The molecule has 0 radical (unpaired) electrons. The van der Waals surface area contributed by atoms with Gasteiger partial charge in [-0.05, 0) is 13.0 Å². The molecule has 1 saturated heterocycles. The van der Waals surface area contributed by atoms with Crippen molar-refractivity contribution < 1.29 is 9.59 Å². The molecule has 1 aromatic carbocycles. The van der Waals surface area contributed by atoms with Gasteiger partial charge in [-0.3, -0.25) is 14.4 Å². The zero-order valence-corrected chi connectivity index (χ0v) is 12.3. The lowest BCUT2D eigenvalue weighted by molar-refractivity contribution is -0.120. The lowest BCUT2D eigenvalue weighted by Gasteiger charge is -2.26. The number of pyridine rings is 1. The Hall–Kier alpha value is -2.63. The third-order valence-electron chi connectivity index (χ3n) is 3.95. The van der Waals surface area contributed by atoms with E-state index in [4.69, 9.17) is 0 Å². The van der Waals surface area contributed by atoms with Crippen LogP contribution in [0, 0.1) is 0 Å². The van der Waals surface area contributed by atoms with Crippen LogP contribution in [0.15, 0.2) is 35.1 Å². The molecule has 1 aliphatic rings. The van der Waals surface area contributed by atoms with E-state index < -0.39 is 0 Å². The summed E-state index contributed by atoms with van der Waals surface area (Å²) >= 11 is 0. The number of nitrogens with one attached hydrogen (secondary N) is 2. The Kier molecular flexibility index (Phi) is 3.66. The fourth-order valence-corrected chi connectivity index (χ4v) is 2.74. The van der Waals surface area contributed by atoms with Crippen LogP contribution in [-0.2, 0) is 4.79 Å². The maximum atomic E-state index is 12.9. The standard InChI is InChI=1S/C16H17N3O3/c1-10-9-17-14(20)6-7-19(10)16(22)12-8-15(21)18-13-5-3-2-4-11(12)13/h2-5,8,10H,6-7,9H2,1H3,(H,17,20)(H,18,21). The summed E-state index contributed by atoms with van der Waals surface area (Å²) in [4.78, 5) is 40.5. The number of hydrogen-bond donors (Lipinski definition) is 2. The minimum Gasteiger partial charge on any atom is -0.354 e. The number of aromatic nitrogens is 1. The maximum Gasteiger partial charge on any atom is 0.255 e. The first kappa shape index (κ1) is 14.3.